The summed E-state index contributed by atoms with van der Waals surface area (Å²) >= 11 is 0. The molecule has 3 heterocycles. The minimum atomic E-state index is -2.76. The summed E-state index contributed by atoms with van der Waals surface area (Å²) in [6, 6.07) is 46.4. The van der Waals surface area contributed by atoms with Gasteiger partial charge in [0.15, 0.2) is 0 Å². The van der Waals surface area contributed by atoms with Gasteiger partial charge in [-0.15, -0.1) is 48.1 Å². The largest absolute Gasteiger partial charge is 0.509 e. The van der Waals surface area contributed by atoms with E-state index >= 15 is 0 Å². The Kier molecular flexibility index (Phi) is 8.62. The molecule has 0 unspecified atom stereocenters. The third kappa shape index (κ3) is 7.96. The molecule has 9 aromatic rings. The molecule has 0 saturated carbocycles. The van der Waals surface area contributed by atoms with Crippen LogP contribution in [0.15, 0.2) is 164 Å². The van der Waals surface area contributed by atoms with Gasteiger partial charge in [0.25, 0.3) is 0 Å². The molecule has 0 aliphatic carbocycles. The summed E-state index contributed by atoms with van der Waals surface area (Å²) in [5.74, 6) is 1.05. The van der Waals surface area contributed by atoms with Crippen LogP contribution in [0.3, 0.4) is 0 Å². The summed E-state index contributed by atoms with van der Waals surface area (Å²) in [4.78, 5) is 9.10. The summed E-state index contributed by atoms with van der Waals surface area (Å²) in [6.07, 6.45) is 1.28. The first-order valence-electron chi connectivity index (χ1n) is 24.7. The Morgan fingerprint density at radius 1 is 0.635 bits per heavy atom. The fourth-order valence-electron chi connectivity index (χ4n) is 8.06. The Bertz CT molecular complexity index is 3480. The molecule has 0 fully saturated rings. The van der Waals surface area contributed by atoms with Gasteiger partial charge in [-0.1, -0.05) is 138 Å². The van der Waals surface area contributed by atoms with Crippen LogP contribution in [-0.4, -0.2) is 9.55 Å². The van der Waals surface area contributed by atoms with Gasteiger partial charge >= 0.3 is 0 Å². The van der Waals surface area contributed by atoms with Gasteiger partial charge < -0.3 is 19.1 Å². The van der Waals surface area contributed by atoms with Gasteiger partial charge in [0, 0.05) is 71.0 Å². The van der Waals surface area contributed by atoms with Crippen LogP contribution in [0.25, 0.3) is 49.9 Å². The number of para-hydroxylation sites is 2. The van der Waals surface area contributed by atoms with E-state index in [1.165, 1.54) is 23.4 Å². The molecule has 0 amide bonds. The Balaban J connectivity index is 0.00000624. The molecule has 63 heavy (non-hydrogen) atoms. The van der Waals surface area contributed by atoms with Gasteiger partial charge in [0.05, 0.1) is 6.85 Å². The average molecular weight is 1010 g/mol. The molecule has 1 aliphatic heterocycles. The van der Waals surface area contributed by atoms with Crippen LogP contribution in [0.4, 0.5) is 22.7 Å². The van der Waals surface area contributed by atoms with Crippen LogP contribution in [0, 0.1) is 25.7 Å². The molecule has 0 saturated heterocycles. The number of fused-ring (bicyclic) bond motifs is 4. The average Bonchev–Trinajstić information content (AvgIpc) is 3.88. The number of rotatable bonds is 7. The molecule has 2 aromatic heterocycles. The summed E-state index contributed by atoms with van der Waals surface area (Å²) in [6.45, 7) is 12.8. The Morgan fingerprint density at radius 2 is 1.33 bits per heavy atom. The first-order chi connectivity index (χ1) is 33.2. The van der Waals surface area contributed by atoms with E-state index in [4.69, 9.17) is 20.7 Å². The van der Waals surface area contributed by atoms with E-state index in [0.717, 1.165) is 44.6 Å². The van der Waals surface area contributed by atoms with Crippen LogP contribution in [0.2, 0.25) is 0 Å². The molecule has 5 nitrogen and oxygen atoms in total. The van der Waals surface area contributed by atoms with Gasteiger partial charge in [-0.05, 0) is 92.8 Å². The zero-order chi connectivity index (χ0) is 49.6. The number of hydrogen-bond acceptors (Lipinski definition) is 4. The Hall–Kier alpha value is -6.42. The number of aromatic nitrogens is 2. The molecule has 1 aliphatic rings. The molecule has 10 rings (SSSR count). The van der Waals surface area contributed by atoms with Crippen molar-refractivity contribution in [1.29, 1.82) is 0 Å². The molecule has 0 spiro atoms. The van der Waals surface area contributed by atoms with Crippen molar-refractivity contribution < 1.29 is 36.8 Å². The maximum Gasteiger partial charge on any atom is 0.135 e. The number of nitrogens with zero attached hydrogens (tertiary/aromatic N) is 4. The zero-order valence-corrected chi connectivity index (χ0v) is 38.1. The Morgan fingerprint density at radius 3 is 2.05 bits per heavy atom. The van der Waals surface area contributed by atoms with E-state index < -0.39 is 37.1 Å². The van der Waals surface area contributed by atoms with Crippen LogP contribution in [0.5, 0.6) is 11.5 Å². The predicted molar refractivity (Wildman–Crippen MR) is 257 cm³/mol. The minimum absolute atomic E-state index is 0. The number of benzene rings is 7. The number of anilines is 4. The summed E-state index contributed by atoms with van der Waals surface area (Å²) in [5, 5.41) is 1.66. The van der Waals surface area contributed by atoms with E-state index in [2.05, 4.69) is 107 Å². The molecular weight excluding hydrogens is 952 g/mol. The second kappa shape index (κ2) is 16.4. The molecule has 316 valence electrons. The molecule has 7 aromatic carbocycles. The van der Waals surface area contributed by atoms with Crippen molar-refractivity contribution in [3.63, 3.8) is 0 Å². The van der Waals surface area contributed by atoms with Gasteiger partial charge in [-0.3, -0.25) is 0 Å². The fraction of sp³-hybridized carbons (Fsp3) is 0.158. The first-order valence-corrected chi connectivity index (χ1v) is 20.7. The van der Waals surface area contributed by atoms with E-state index in [0.29, 0.717) is 22.5 Å². The Labute approximate surface area is 397 Å². The molecular formula is C57H49N4OPt-3. The van der Waals surface area contributed by atoms with Crippen LogP contribution in [0.1, 0.15) is 69.2 Å². The zero-order valence-electron chi connectivity index (χ0n) is 43.8. The molecule has 0 radical (unpaired) electrons. The number of aryl methyl sites for hydroxylation is 1. The molecule has 6 heteroatoms. The second-order valence-electron chi connectivity index (χ2n) is 17.7. The van der Waals surface area contributed by atoms with Gasteiger partial charge in [-0.25, -0.2) is 4.98 Å². The third-order valence-corrected chi connectivity index (χ3v) is 11.4. The van der Waals surface area contributed by atoms with Crippen molar-refractivity contribution in [2.75, 3.05) is 9.80 Å². The van der Waals surface area contributed by atoms with Crippen molar-refractivity contribution in [2.45, 2.75) is 59.2 Å². The predicted octanol–water partition coefficient (Wildman–Crippen LogP) is 15.2. The van der Waals surface area contributed by atoms with Gasteiger partial charge in [0.1, 0.15) is 5.82 Å². The third-order valence-electron chi connectivity index (χ3n) is 11.4. The summed E-state index contributed by atoms with van der Waals surface area (Å²) < 4.78 is 76.3. The van der Waals surface area contributed by atoms with Crippen LogP contribution in [-0.2, 0) is 31.9 Å². The van der Waals surface area contributed by atoms with Crippen LogP contribution >= 0.6 is 0 Å². The van der Waals surface area contributed by atoms with E-state index in [-0.39, 0.29) is 54.4 Å². The monoisotopic (exact) mass is 1010 g/mol. The normalized spacial score (nSPS) is 14.8. The van der Waals surface area contributed by atoms with E-state index in [1.807, 2.05) is 89.5 Å². The number of hydrogen-bond donors (Lipinski definition) is 0. The fourth-order valence-corrected chi connectivity index (χ4v) is 8.06. The van der Waals surface area contributed by atoms with E-state index in [9.17, 15) is 0 Å². The van der Waals surface area contributed by atoms with Crippen molar-refractivity contribution in [3.8, 4) is 39.6 Å². The van der Waals surface area contributed by atoms with Crippen molar-refractivity contribution in [2.24, 2.45) is 0 Å². The number of ether oxygens (including phenoxy) is 1. The van der Waals surface area contributed by atoms with Crippen molar-refractivity contribution >= 4 is 44.6 Å². The van der Waals surface area contributed by atoms with Crippen LogP contribution < -0.4 is 14.5 Å². The van der Waals surface area contributed by atoms with Crippen molar-refractivity contribution in [1.82, 2.24) is 9.55 Å². The van der Waals surface area contributed by atoms with Gasteiger partial charge in [0.2, 0.25) is 0 Å². The molecule has 0 bridgehead atoms. The van der Waals surface area contributed by atoms with Crippen molar-refractivity contribution in [3.05, 3.63) is 199 Å². The standard InChI is InChI=1S/C57H49N4O.Pt/c1-38-29-55(58-36-50(38)40-19-12-9-13-20-40)61-51-28-25-41(39-17-10-8-11-18-39)30-49(51)48-27-26-47(35-54(48)61)62-46-22-16-21-44(34-46)59-37-60(53-24-15-14-23-52(53)59)45-32-42(56(2,3)4)31-43(33-45)57(5,6)7;/h8-33,36-37H,1-7H3;/q-3;/i1D3,9D,12D,13D,19D,20D;. The molecule has 0 N–H and O–H groups in total. The quantitative estimate of drug-likeness (QED) is 0.149. The SMILES string of the molecule is [2H]c1c([2H])c([2H])c(-c2cnc(-n3c4[c-]c(Oc5[c-]c(N6[CH-]N(c7cc(C(C)(C)C)cc(C(C)(C)C)c7)c7ccccc76)ccc5)ccc4c4cc(-c5ccccc5)ccc43)cc2C([2H])([2H])[2H])c([2H])c1[2H].[Pt]. The maximum absolute atomic E-state index is 8.66. The maximum atomic E-state index is 8.66. The smallest absolute Gasteiger partial charge is 0.135 e. The van der Waals surface area contributed by atoms with E-state index in [1.54, 1.807) is 0 Å². The minimum Gasteiger partial charge on any atom is -0.509 e. The molecule has 0 atom stereocenters. The first kappa shape index (κ1) is 33.2. The number of pyridine rings is 1. The second-order valence-corrected chi connectivity index (χ2v) is 17.7. The summed E-state index contributed by atoms with van der Waals surface area (Å²) in [7, 11) is 0. The topological polar surface area (TPSA) is 33.5 Å². The summed E-state index contributed by atoms with van der Waals surface area (Å²) in [5.41, 5.74) is 8.96. The van der Waals surface area contributed by atoms with Gasteiger partial charge in [-0.2, -0.15) is 12.1 Å².